The molecule has 188 valence electrons. The zero-order valence-corrected chi connectivity index (χ0v) is 21.6. The minimum atomic E-state index is -1.41. The second-order valence-corrected chi connectivity index (χ2v) is 9.32. The van der Waals surface area contributed by atoms with Crippen LogP contribution < -0.4 is 15.4 Å². The highest BCUT2D eigenvalue weighted by Crippen LogP contribution is 2.45. The van der Waals surface area contributed by atoms with E-state index >= 15 is 0 Å². The van der Waals surface area contributed by atoms with Crippen LogP contribution in [0.15, 0.2) is 71.2 Å². The molecular weight excluding hydrogens is 478 g/mol. The molecule has 2 aromatic carbocycles. The van der Waals surface area contributed by atoms with Crippen LogP contribution in [-0.4, -0.2) is 49.8 Å². The molecule has 3 unspecified atom stereocenters. The number of thiazole rings is 1. The summed E-state index contributed by atoms with van der Waals surface area (Å²) in [6.07, 6.45) is 0. The maximum atomic E-state index is 13.7. The van der Waals surface area contributed by atoms with Gasteiger partial charge in [-0.15, -0.1) is 11.3 Å². The molecule has 3 atom stereocenters. The minimum absolute atomic E-state index is 0.348. The van der Waals surface area contributed by atoms with Crippen molar-refractivity contribution in [3.05, 3.63) is 76.8 Å². The molecular formula is C27H29N3O5S. The summed E-state index contributed by atoms with van der Waals surface area (Å²) in [5, 5.41) is 9.08. The van der Waals surface area contributed by atoms with Crippen LogP contribution in [0.2, 0.25) is 0 Å². The summed E-state index contributed by atoms with van der Waals surface area (Å²) < 4.78 is 16.0. The fraction of sp³-hybridized carbons (Fsp3) is 0.296. The average molecular weight is 508 g/mol. The third-order valence-electron chi connectivity index (χ3n) is 6.53. The number of nitrogens with zero attached hydrogens (tertiary/aromatic N) is 1. The van der Waals surface area contributed by atoms with Gasteiger partial charge in [0.25, 0.3) is 0 Å². The summed E-state index contributed by atoms with van der Waals surface area (Å²) in [4.78, 5) is 31.5. The van der Waals surface area contributed by atoms with Crippen molar-refractivity contribution in [2.75, 3.05) is 26.6 Å². The second-order valence-electron chi connectivity index (χ2n) is 8.46. The van der Waals surface area contributed by atoms with E-state index in [0.717, 1.165) is 11.1 Å². The molecule has 9 heteroatoms. The molecule has 0 radical (unpaired) electrons. The van der Waals surface area contributed by atoms with Crippen LogP contribution >= 0.6 is 11.3 Å². The number of hydrogen-bond acceptors (Lipinski definition) is 9. The molecule has 0 spiro atoms. The van der Waals surface area contributed by atoms with E-state index in [-0.39, 0.29) is 0 Å². The molecule has 0 saturated carbocycles. The standard InChI is InChI=1S/C27H29N3O5S/c1-16-22(24(31)34-4)23(18-11-7-6-8-12-18)27(17(2)28-16,25(32)35-5)30-26-29-20(15-36-26)19-13-9-10-14-21(19)33-3/h6-15,17,23,28H,1-5H3,(H,29,30). The van der Waals surface area contributed by atoms with E-state index in [0.29, 0.717) is 27.8 Å². The second kappa shape index (κ2) is 10.4. The van der Waals surface area contributed by atoms with Gasteiger partial charge in [-0.1, -0.05) is 42.5 Å². The van der Waals surface area contributed by atoms with Gasteiger partial charge < -0.3 is 24.8 Å². The molecule has 3 aromatic rings. The lowest BCUT2D eigenvalue weighted by atomic mass is 9.68. The third-order valence-corrected chi connectivity index (χ3v) is 7.28. The van der Waals surface area contributed by atoms with Gasteiger partial charge >= 0.3 is 11.9 Å². The normalized spacial score (nSPS) is 21.4. The zero-order valence-electron chi connectivity index (χ0n) is 20.8. The Balaban J connectivity index is 1.88. The number of aromatic nitrogens is 1. The predicted octanol–water partition coefficient (Wildman–Crippen LogP) is 4.36. The molecule has 0 fully saturated rings. The number of allylic oxidation sites excluding steroid dienone is 1. The van der Waals surface area contributed by atoms with Crippen LogP contribution in [0, 0.1) is 0 Å². The van der Waals surface area contributed by atoms with E-state index < -0.39 is 29.4 Å². The molecule has 1 aliphatic rings. The summed E-state index contributed by atoms with van der Waals surface area (Å²) in [5.74, 6) is -1.07. The molecule has 36 heavy (non-hydrogen) atoms. The number of nitrogens with one attached hydrogen (secondary N) is 2. The molecule has 0 aliphatic carbocycles. The van der Waals surface area contributed by atoms with Crippen molar-refractivity contribution in [3.63, 3.8) is 0 Å². The van der Waals surface area contributed by atoms with E-state index in [2.05, 4.69) is 10.6 Å². The number of carbonyl (C=O) groups excluding carboxylic acids is 2. The summed E-state index contributed by atoms with van der Waals surface area (Å²) in [6.45, 7) is 3.69. The fourth-order valence-electron chi connectivity index (χ4n) is 4.85. The van der Waals surface area contributed by atoms with Crippen molar-refractivity contribution in [3.8, 4) is 17.0 Å². The van der Waals surface area contributed by atoms with Crippen molar-refractivity contribution in [2.45, 2.75) is 31.3 Å². The van der Waals surface area contributed by atoms with Crippen molar-refractivity contribution in [1.82, 2.24) is 10.3 Å². The molecule has 1 aliphatic heterocycles. The summed E-state index contributed by atoms with van der Waals surface area (Å²) in [7, 11) is 4.28. The van der Waals surface area contributed by atoms with Gasteiger partial charge in [0.15, 0.2) is 10.7 Å². The van der Waals surface area contributed by atoms with Crippen LogP contribution in [0.25, 0.3) is 11.3 Å². The highest BCUT2D eigenvalue weighted by atomic mass is 32.1. The van der Waals surface area contributed by atoms with E-state index in [9.17, 15) is 9.59 Å². The highest BCUT2D eigenvalue weighted by molar-refractivity contribution is 7.14. The first-order valence-corrected chi connectivity index (χ1v) is 12.3. The van der Waals surface area contributed by atoms with E-state index in [1.54, 1.807) is 7.11 Å². The molecule has 0 bridgehead atoms. The van der Waals surface area contributed by atoms with Gasteiger partial charge in [0.1, 0.15) is 5.75 Å². The molecule has 0 amide bonds. The summed E-state index contributed by atoms with van der Waals surface area (Å²) in [5.41, 5.74) is 1.88. The lowest BCUT2D eigenvalue weighted by Gasteiger charge is -2.47. The Hall–Kier alpha value is -3.85. The summed E-state index contributed by atoms with van der Waals surface area (Å²) >= 11 is 1.35. The van der Waals surface area contributed by atoms with Gasteiger partial charge in [-0.2, -0.15) is 0 Å². The maximum Gasteiger partial charge on any atom is 0.336 e. The smallest absolute Gasteiger partial charge is 0.336 e. The van der Waals surface area contributed by atoms with Gasteiger partial charge in [0, 0.05) is 16.6 Å². The van der Waals surface area contributed by atoms with Crippen LogP contribution in [0.3, 0.4) is 0 Å². The number of rotatable bonds is 7. The van der Waals surface area contributed by atoms with Gasteiger partial charge in [0.05, 0.1) is 44.6 Å². The summed E-state index contributed by atoms with van der Waals surface area (Å²) in [6, 6.07) is 16.5. The number of ether oxygens (including phenoxy) is 3. The van der Waals surface area contributed by atoms with Crippen molar-refractivity contribution < 1.29 is 23.8 Å². The number of para-hydroxylation sites is 1. The Labute approximate surface area is 214 Å². The number of carbonyl (C=O) groups is 2. The molecule has 0 saturated heterocycles. The Bertz CT molecular complexity index is 1290. The number of anilines is 1. The highest BCUT2D eigenvalue weighted by Gasteiger charge is 2.58. The van der Waals surface area contributed by atoms with Crippen molar-refractivity contribution in [1.29, 1.82) is 0 Å². The number of hydrogen-bond donors (Lipinski definition) is 2. The predicted molar refractivity (Wildman–Crippen MR) is 139 cm³/mol. The number of esters is 2. The molecule has 2 N–H and O–H groups in total. The van der Waals surface area contributed by atoms with Crippen LogP contribution in [0.5, 0.6) is 5.75 Å². The lowest BCUT2D eigenvalue weighted by molar-refractivity contribution is -0.148. The van der Waals surface area contributed by atoms with Gasteiger partial charge in [-0.3, -0.25) is 0 Å². The third kappa shape index (κ3) is 4.30. The van der Waals surface area contributed by atoms with Gasteiger partial charge in [-0.05, 0) is 31.5 Å². The van der Waals surface area contributed by atoms with E-state index in [1.165, 1.54) is 25.6 Å². The minimum Gasteiger partial charge on any atom is -0.496 e. The van der Waals surface area contributed by atoms with E-state index in [4.69, 9.17) is 19.2 Å². The average Bonchev–Trinajstić information content (AvgIpc) is 3.37. The van der Waals surface area contributed by atoms with Crippen LogP contribution in [-0.2, 0) is 19.1 Å². The molecule has 8 nitrogen and oxygen atoms in total. The topological polar surface area (TPSA) is 98.8 Å². The van der Waals surface area contributed by atoms with Crippen molar-refractivity contribution in [2.24, 2.45) is 0 Å². The number of benzene rings is 2. The van der Waals surface area contributed by atoms with Gasteiger partial charge in [0.2, 0.25) is 0 Å². The Morgan fingerprint density at radius 1 is 1.03 bits per heavy atom. The fourth-order valence-corrected chi connectivity index (χ4v) is 5.63. The largest absolute Gasteiger partial charge is 0.496 e. The zero-order chi connectivity index (χ0) is 25.9. The lowest BCUT2D eigenvalue weighted by Crippen LogP contribution is -2.66. The Morgan fingerprint density at radius 3 is 2.39 bits per heavy atom. The Morgan fingerprint density at radius 2 is 1.72 bits per heavy atom. The molecule has 4 rings (SSSR count). The first-order valence-electron chi connectivity index (χ1n) is 11.4. The quantitative estimate of drug-likeness (QED) is 0.455. The van der Waals surface area contributed by atoms with Crippen molar-refractivity contribution >= 4 is 28.4 Å². The SMILES string of the molecule is COC(=O)C1=C(C)NC(C)C(Nc2nc(-c3ccccc3OC)cs2)(C(=O)OC)C1c1ccccc1. The molecule has 1 aromatic heterocycles. The Kier molecular flexibility index (Phi) is 7.30. The maximum absolute atomic E-state index is 13.7. The number of methoxy groups -OCH3 is 3. The van der Waals surface area contributed by atoms with E-state index in [1.807, 2.05) is 73.8 Å². The monoisotopic (exact) mass is 507 g/mol. The molecule has 2 heterocycles. The van der Waals surface area contributed by atoms with Gasteiger partial charge in [-0.25, -0.2) is 14.6 Å². The first-order chi connectivity index (χ1) is 17.4. The van der Waals surface area contributed by atoms with Crippen LogP contribution in [0.4, 0.5) is 5.13 Å². The van der Waals surface area contributed by atoms with Crippen LogP contribution in [0.1, 0.15) is 25.3 Å². The first kappa shape index (κ1) is 25.2.